The van der Waals surface area contributed by atoms with Crippen LogP contribution >= 0.6 is 15.9 Å². The molecule has 15 heavy (non-hydrogen) atoms. The third-order valence-electron chi connectivity index (χ3n) is 2.18. The normalized spacial score (nSPS) is 10.5. The van der Waals surface area contributed by atoms with Crippen LogP contribution in [-0.4, -0.2) is 10.2 Å². The van der Waals surface area contributed by atoms with Gasteiger partial charge in [-0.05, 0) is 23.8 Å². The fraction of sp³-hybridized carbons (Fsp3) is 0.182. The molecule has 0 unspecified atom stereocenters. The molecular weight excluding hydrogens is 254 g/mol. The van der Waals surface area contributed by atoms with Gasteiger partial charge in [-0.1, -0.05) is 28.1 Å². The number of halogens is 1. The fourth-order valence-electron chi connectivity index (χ4n) is 1.47. The lowest BCUT2D eigenvalue weighted by Gasteiger charge is -1.98. The first kappa shape index (κ1) is 10.4. The number of aromatic nitrogens is 2. The summed E-state index contributed by atoms with van der Waals surface area (Å²) in [6, 6.07) is 10.2. The predicted octanol–water partition coefficient (Wildman–Crippen LogP) is 2.22. The molecule has 2 aromatic rings. The van der Waals surface area contributed by atoms with Crippen molar-refractivity contribution in [3.8, 4) is 0 Å². The SMILES string of the molecule is NCc1cc(Cc2cccc(Br)c2)[nH]n1. The monoisotopic (exact) mass is 265 g/mol. The molecule has 78 valence electrons. The molecule has 0 aliphatic heterocycles. The minimum Gasteiger partial charge on any atom is -0.325 e. The van der Waals surface area contributed by atoms with Gasteiger partial charge in [0.2, 0.25) is 0 Å². The maximum Gasteiger partial charge on any atom is 0.0760 e. The quantitative estimate of drug-likeness (QED) is 0.895. The summed E-state index contributed by atoms with van der Waals surface area (Å²) >= 11 is 3.45. The van der Waals surface area contributed by atoms with Gasteiger partial charge in [-0.25, -0.2) is 0 Å². The van der Waals surface area contributed by atoms with Crippen molar-refractivity contribution in [1.82, 2.24) is 10.2 Å². The number of aromatic amines is 1. The molecule has 0 atom stereocenters. The van der Waals surface area contributed by atoms with E-state index >= 15 is 0 Å². The van der Waals surface area contributed by atoms with Crippen LogP contribution in [0.3, 0.4) is 0 Å². The maximum absolute atomic E-state index is 5.49. The average Bonchev–Trinajstić information content (AvgIpc) is 2.65. The van der Waals surface area contributed by atoms with Crippen LogP contribution in [0.2, 0.25) is 0 Å². The highest BCUT2D eigenvalue weighted by Gasteiger charge is 2.01. The van der Waals surface area contributed by atoms with Crippen molar-refractivity contribution in [1.29, 1.82) is 0 Å². The molecule has 0 saturated carbocycles. The number of nitrogens with zero attached hydrogens (tertiary/aromatic N) is 1. The van der Waals surface area contributed by atoms with Crippen LogP contribution < -0.4 is 5.73 Å². The Kier molecular flexibility index (Phi) is 3.18. The van der Waals surface area contributed by atoms with E-state index in [0.29, 0.717) is 6.54 Å². The van der Waals surface area contributed by atoms with Gasteiger partial charge in [0, 0.05) is 23.1 Å². The lowest BCUT2D eigenvalue weighted by molar-refractivity contribution is 0.928. The van der Waals surface area contributed by atoms with Crippen molar-refractivity contribution in [3.63, 3.8) is 0 Å². The van der Waals surface area contributed by atoms with Gasteiger partial charge in [-0.15, -0.1) is 0 Å². The van der Waals surface area contributed by atoms with E-state index in [1.54, 1.807) is 0 Å². The molecule has 0 fully saturated rings. The van der Waals surface area contributed by atoms with E-state index in [1.807, 2.05) is 18.2 Å². The van der Waals surface area contributed by atoms with Crippen LogP contribution in [0.15, 0.2) is 34.8 Å². The summed E-state index contributed by atoms with van der Waals surface area (Å²) in [6.45, 7) is 0.481. The summed E-state index contributed by atoms with van der Waals surface area (Å²) in [5.74, 6) is 0. The highest BCUT2D eigenvalue weighted by Crippen LogP contribution is 2.14. The molecular formula is C11H12BrN3. The number of hydrogen-bond acceptors (Lipinski definition) is 2. The van der Waals surface area contributed by atoms with E-state index < -0.39 is 0 Å². The Bertz CT molecular complexity index is 451. The number of benzene rings is 1. The second-order valence-corrected chi connectivity index (χ2v) is 4.31. The molecule has 1 aromatic heterocycles. The molecule has 0 saturated heterocycles. The fourth-order valence-corrected chi connectivity index (χ4v) is 1.92. The Morgan fingerprint density at radius 2 is 2.20 bits per heavy atom. The first-order chi connectivity index (χ1) is 7.28. The standard InChI is InChI=1S/C11H12BrN3/c12-9-3-1-2-8(4-9)5-10-6-11(7-13)15-14-10/h1-4,6H,5,7,13H2,(H,14,15). The first-order valence-electron chi connectivity index (χ1n) is 4.75. The second kappa shape index (κ2) is 4.59. The predicted molar refractivity (Wildman–Crippen MR) is 63.4 cm³/mol. The molecule has 2 rings (SSSR count). The van der Waals surface area contributed by atoms with E-state index in [9.17, 15) is 0 Å². The summed E-state index contributed by atoms with van der Waals surface area (Å²) in [7, 11) is 0. The number of rotatable bonds is 3. The summed E-state index contributed by atoms with van der Waals surface area (Å²) in [4.78, 5) is 0. The van der Waals surface area contributed by atoms with Gasteiger partial charge < -0.3 is 5.73 Å². The molecule has 3 N–H and O–H groups in total. The average molecular weight is 266 g/mol. The maximum atomic E-state index is 5.49. The zero-order valence-corrected chi connectivity index (χ0v) is 9.79. The third-order valence-corrected chi connectivity index (χ3v) is 2.67. The second-order valence-electron chi connectivity index (χ2n) is 3.40. The van der Waals surface area contributed by atoms with Crippen molar-refractivity contribution in [2.45, 2.75) is 13.0 Å². The van der Waals surface area contributed by atoms with E-state index in [4.69, 9.17) is 5.73 Å². The van der Waals surface area contributed by atoms with Crippen LogP contribution in [0.4, 0.5) is 0 Å². The van der Waals surface area contributed by atoms with Crippen molar-refractivity contribution in [2.75, 3.05) is 0 Å². The van der Waals surface area contributed by atoms with Gasteiger partial charge in [0.05, 0.1) is 5.69 Å². The number of hydrogen-bond donors (Lipinski definition) is 2. The number of nitrogens with two attached hydrogens (primary N) is 1. The van der Waals surface area contributed by atoms with E-state index in [-0.39, 0.29) is 0 Å². The Labute approximate surface area is 96.8 Å². The zero-order chi connectivity index (χ0) is 10.7. The molecule has 0 radical (unpaired) electrons. The van der Waals surface area contributed by atoms with E-state index in [0.717, 1.165) is 22.3 Å². The molecule has 1 aromatic carbocycles. The lowest BCUT2D eigenvalue weighted by Crippen LogP contribution is -1.95. The minimum absolute atomic E-state index is 0.481. The Morgan fingerprint density at radius 1 is 1.33 bits per heavy atom. The van der Waals surface area contributed by atoms with Gasteiger partial charge in [-0.3, -0.25) is 5.10 Å². The van der Waals surface area contributed by atoms with Crippen LogP contribution in [0.25, 0.3) is 0 Å². The summed E-state index contributed by atoms with van der Waals surface area (Å²) in [6.07, 6.45) is 0.854. The Hall–Kier alpha value is -1.13. The summed E-state index contributed by atoms with van der Waals surface area (Å²) in [5.41, 5.74) is 8.73. The van der Waals surface area contributed by atoms with Gasteiger partial charge in [0.1, 0.15) is 0 Å². The van der Waals surface area contributed by atoms with Crippen molar-refractivity contribution in [2.24, 2.45) is 5.73 Å². The van der Waals surface area contributed by atoms with Gasteiger partial charge >= 0.3 is 0 Å². The van der Waals surface area contributed by atoms with Crippen LogP contribution in [-0.2, 0) is 13.0 Å². The molecule has 0 aliphatic carbocycles. The van der Waals surface area contributed by atoms with Crippen LogP contribution in [0, 0.1) is 0 Å². The molecule has 0 spiro atoms. The van der Waals surface area contributed by atoms with Crippen molar-refractivity contribution < 1.29 is 0 Å². The highest BCUT2D eigenvalue weighted by molar-refractivity contribution is 9.10. The van der Waals surface area contributed by atoms with Crippen LogP contribution in [0.5, 0.6) is 0 Å². The first-order valence-corrected chi connectivity index (χ1v) is 5.55. The smallest absolute Gasteiger partial charge is 0.0760 e. The molecule has 4 heteroatoms. The molecule has 1 heterocycles. The Balaban J connectivity index is 2.14. The molecule has 3 nitrogen and oxygen atoms in total. The van der Waals surface area contributed by atoms with Gasteiger partial charge in [0.25, 0.3) is 0 Å². The van der Waals surface area contributed by atoms with Gasteiger partial charge in [0.15, 0.2) is 0 Å². The topological polar surface area (TPSA) is 54.7 Å². The van der Waals surface area contributed by atoms with E-state index in [2.05, 4.69) is 38.3 Å². The number of nitrogens with one attached hydrogen (secondary N) is 1. The van der Waals surface area contributed by atoms with Crippen molar-refractivity contribution >= 4 is 15.9 Å². The molecule has 0 amide bonds. The Morgan fingerprint density at radius 3 is 2.87 bits per heavy atom. The largest absolute Gasteiger partial charge is 0.325 e. The minimum atomic E-state index is 0.481. The lowest BCUT2D eigenvalue weighted by atomic mass is 10.1. The highest BCUT2D eigenvalue weighted by atomic mass is 79.9. The van der Waals surface area contributed by atoms with Gasteiger partial charge in [-0.2, -0.15) is 5.10 Å². The zero-order valence-electron chi connectivity index (χ0n) is 8.20. The number of H-pyrrole nitrogens is 1. The summed E-state index contributed by atoms with van der Waals surface area (Å²) in [5, 5.41) is 7.07. The molecule has 0 bridgehead atoms. The molecule has 0 aliphatic rings. The van der Waals surface area contributed by atoms with Crippen LogP contribution in [0.1, 0.15) is 17.0 Å². The van der Waals surface area contributed by atoms with Crippen molar-refractivity contribution in [3.05, 3.63) is 51.8 Å². The van der Waals surface area contributed by atoms with E-state index in [1.165, 1.54) is 5.56 Å². The summed E-state index contributed by atoms with van der Waals surface area (Å²) < 4.78 is 1.10. The third kappa shape index (κ3) is 2.67.